The Morgan fingerprint density at radius 1 is 1.19 bits per heavy atom. The summed E-state index contributed by atoms with van der Waals surface area (Å²) in [6.07, 6.45) is 0. The fourth-order valence-corrected chi connectivity index (χ4v) is 2.32. The molecular formula is C17H22N2O2. The van der Waals surface area contributed by atoms with Crippen molar-refractivity contribution < 1.29 is 9.53 Å². The number of hydrogen-bond donors (Lipinski definition) is 2. The molecule has 2 aromatic rings. The first kappa shape index (κ1) is 15.3. The van der Waals surface area contributed by atoms with Crippen LogP contribution in [-0.4, -0.2) is 25.6 Å². The number of ether oxygens (including phenoxy) is 1. The largest absolute Gasteiger partial charge is 0.483 e. The first-order valence-electron chi connectivity index (χ1n) is 7.19. The number of hydrogen-bond acceptors (Lipinski definition) is 3. The smallest absolute Gasteiger partial charge is 0.258 e. The molecular weight excluding hydrogens is 264 g/mol. The van der Waals surface area contributed by atoms with Crippen molar-refractivity contribution in [3.63, 3.8) is 0 Å². The van der Waals surface area contributed by atoms with E-state index in [0.717, 1.165) is 16.7 Å². The van der Waals surface area contributed by atoms with Crippen molar-refractivity contribution in [2.24, 2.45) is 0 Å². The Kier molecular flexibility index (Phi) is 5.17. The van der Waals surface area contributed by atoms with Gasteiger partial charge in [0.1, 0.15) is 5.75 Å². The SMILES string of the molecule is CNCc1c(OCC(=O)NC(C)C)ccc2ccccc12. The van der Waals surface area contributed by atoms with Crippen molar-refractivity contribution in [2.45, 2.75) is 26.4 Å². The average molecular weight is 286 g/mol. The maximum Gasteiger partial charge on any atom is 0.258 e. The number of carbonyl (C=O) groups is 1. The number of fused-ring (bicyclic) bond motifs is 1. The molecule has 0 radical (unpaired) electrons. The molecule has 0 unspecified atom stereocenters. The highest BCUT2D eigenvalue weighted by molar-refractivity contribution is 5.88. The quantitative estimate of drug-likeness (QED) is 0.857. The lowest BCUT2D eigenvalue weighted by Gasteiger charge is -2.15. The van der Waals surface area contributed by atoms with Crippen molar-refractivity contribution in [3.05, 3.63) is 42.0 Å². The van der Waals surface area contributed by atoms with Gasteiger partial charge in [0, 0.05) is 18.2 Å². The van der Waals surface area contributed by atoms with Crippen LogP contribution in [0.1, 0.15) is 19.4 Å². The van der Waals surface area contributed by atoms with E-state index in [-0.39, 0.29) is 18.6 Å². The monoisotopic (exact) mass is 286 g/mol. The van der Waals surface area contributed by atoms with Gasteiger partial charge in [0.2, 0.25) is 0 Å². The summed E-state index contributed by atoms with van der Waals surface area (Å²) in [4.78, 5) is 11.7. The molecule has 0 aliphatic rings. The highest BCUT2D eigenvalue weighted by Crippen LogP contribution is 2.28. The first-order chi connectivity index (χ1) is 10.1. The highest BCUT2D eigenvalue weighted by Gasteiger charge is 2.10. The van der Waals surface area contributed by atoms with Crippen LogP contribution in [0.25, 0.3) is 10.8 Å². The van der Waals surface area contributed by atoms with E-state index in [0.29, 0.717) is 6.54 Å². The van der Waals surface area contributed by atoms with Gasteiger partial charge in [0.15, 0.2) is 6.61 Å². The number of nitrogens with one attached hydrogen (secondary N) is 2. The molecule has 0 aromatic heterocycles. The van der Waals surface area contributed by atoms with E-state index < -0.39 is 0 Å². The van der Waals surface area contributed by atoms with Crippen LogP contribution in [0.15, 0.2) is 36.4 Å². The standard InChI is InChI=1S/C17H22N2O2/c1-12(2)19-17(20)11-21-16-9-8-13-6-4-5-7-14(13)15(16)10-18-3/h4-9,12,18H,10-11H2,1-3H3,(H,19,20). The van der Waals surface area contributed by atoms with Gasteiger partial charge in [-0.15, -0.1) is 0 Å². The second kappa shape index (κ2) is 7.09. The van der Waals surface area contributed by atoms with E-state index in [9.17, 15) is 4.79 Å². The fourth-order valence-electron chi connectivity index (χ4n) is 2.32. The van der Waals surface area contributed by atoms with Gasteiger partial charge in [-0.3, -0.25) is 4.79 Å². The average Bonchev–Trinajstić information content (AvgIpc) is 2.46. The fraction of sp³-hybridized carbons (Fsp3) is 0.353. The number of benzene rings is 2. The lowest BCUT2D eigenvalue weighted by molar-refractivity contribution is -0.123. The summed E-state index contributed by atoms with van der Waals surface area (Å²) in [6.45, 7) is 4.59. The van der Waals surface area contributed by atoms with Gasteiger partial charge in [0.05, 0.1) is 0 Å². The molecule has 0 saturated carbocycles. The predicted molar refractivity (Wildman–Crippen MR) is 85.5 cm³/mol. The molecule has 0 bridgehead atoms. The number of amides is 1. The van der Waals surface area contributed by atoms with Crippen molar-refractivity contribution in [1.29, 1.82) is 0 Å². The summed E-state index contributed by atoms with van der Waals surface area (Å²) in [6, 6.07) is 12.2. The summed E-state index contributed by atoms with van der Waals surface area (Å²) >= 11 is 0. The third-order valence-electron chi connectivity index (χ3n) is 3.16. The molecule has 2 N–H and O–H groups in total. The maximum absolute atomic E-state index is 11.7. The molecule has 2 rings (SSSR count). The Bertz CT molecular complexity index is 623. The topological polar surface area (TPSA) is 50.4 Å². The zero-order valence-corrected chi connectivity index (χ0v) is 12.8. The molecule has 0 atom stereocenters. The van der Waals surface area contributed by atoms with Gasteiger partial charge >= 0.3 is 0 Å². The van der Waals surface area contributed by atoms with E-state index in [1.807, 2.05) is 45.2 Å². The summed E-state index contributed by atoms with van der Waals surface area (Å²) in [7, 11) is 1.90. The lowest BCUT2D eigenvalue weighted by atomic mass is 10.0. The van der Waals surface area contributed by atoms with E-state index in [4.69, 9.17) is 4.74 Å². The van der Waals surface area contributed by atoms with Crippen LogP contribution in [0.3, 0.4) is 0 Å². The van der Waals surface area contributed by atoms with Crippen LogP contribution in [-0.2, 0) is 11.3 Å². The molecule has 112 valence electrons. The molecule has 0 fully saturated rings. The second-order valence-electron chi connectivity index (χ2n) is 5.30. The van der Waals surface area contributed by atoms with E-state index in [1.165, 1.54) is 5.39 Å². The normalized spacial score (nSPS) is 10.9. The van der Waals surface area contributed by atoms with Crippen LogP contribution in [0.5, 0.6) is 5.75 Å². The molecule has 1 amide bonds. The summed E-state index contributed by atoms with van der Waals surface area (Å²) in [5, 5.41) is 8.29. The number of rotatable bonds is 6. The van der Waals surface area contributed by atoms with Crippen LogP contribution < -0.4 is 15.4 Å². The van der Waals surface area contributed by atoms with Crippen molar-refractivity contribution in [1.82, 2.24) is 10.6 Å². The lowest BCUT2D eigenvalue weighted by Crippen LogP contribution is -2.34. The molecule has 0 spiro atoms. The molecule has 21 heavy (non-hydrogen) atoms. The summed E-state index contributed by atoms with van der Waals surface area (Å²) in [5.41, 5.74) is 1.08. The molecule has 4 nitrogen and oxygen atoms in total. The van der Waals surface area contributed by atoms with E-state index in [2.05, 4.69) is 22.8 Å². The van der Waals surface area contributed by atoms with Crippen LogP contribution in [0.2, 0.25) is 0 Å². The van der Waals surface area contributed by atoms with Gasteiger partial charge in [-0.1, -0.05) is 30.3 Å². The maximum atomic E-state index is 11.7. The summed E-state index contributed by atoms with van der Waals surface area (Å²) in [5.74, 6) is 0.649. The van der Waals surface area contributed by atoms with E-state index in [1.54, 1.807) is 0 Å². The van der Waals surface area contributed by atoms with Gasteiger partial charge in [-0.2, -0.15) is 0 Å². The van der Waals surface area contributed by atoms with Gasteiger partial charge in [-0.25, -0.2) is 0 Å². The van der Waals surface area contributed by atoms with Gasteiger partial charge in [0.25, 0.3) is 5.91 Å². The van der Waals surface area contributed by atoms with E-state index >= 15 is 0 Å². The Hall–Kier alpha value is -2.07. The van der Waals surface area contributed by atoms with Gasteiger partial charge in [-0.05, 0) is 37.7 Å². The Labute approximate surface area is 125 Å². The Morgan fingerprint density at radius 2 is 1.95 bits per heavy atom. The van der Waals surface area contributed by atoms with Crippen LogP contribution >= 0.6 is 0 Å². The Morgan fingerprint density at radius 3 is 2.67 bits per heavy atom. The third kappa shape index (κ3) is 3.95. The van der Waals surface area contributed by atoms with Gasteiger partial charge < -0.3 is 15.4 Å². The number of carbonyl (C=O) groups excluding carboxylic acids is 1. The zero-order chi connectivity index (χ0) is 15.2. The first-order valence-corrected chi connectivity index (χ1v) is 7.19. The predicted octanol–water partition coefficient (Wildman–Crippen LogP) is 2.46. The third-order valence-corrected chi connectivity index (χ3v) is 3.16. The zero-order valence-electron chi connectivity index (χ0n) is 12.8. The highest BCUT2D eigenvalue weighted by atomic mass is 16.5. The molecule has 0 aliphatic carbocycles. The van der Waals surface area contributed by atoms with Crippen LogP contribution in [0.4, 0.5) is 0 Å². The molecule has 0 aliphatic heterocycles. The molecule has 0 heterocycles. The minimum absolute atomic E-state index is 0.0350. The second-order valence-corrected chi connectivity index (χ2v) is 5.30. The Balaban J connectivity index is 2.22. The van der Waals surface area contributed by atoms with Crippen molar-refractivity contribution >= 4 is 16.7 Å². The van der Waals surface area contributed by atoms with Crippen molar-refractivity contribution in [2.75, 3.05) is 13.7 Å². The molecule has 2 aromatic carbocycles. The van der Waals surface area contributed by atoms with Crippen LogP contribution in [0, 0.1) is 0 Å². The van der Waals surface area contributed by atoms with Crippen molar-refractivity contribution in [3.8, 4) is 5.75 Å². The minimum atomic E-state index is -0.103. The minimum Gasteiger partial charge on any atom is -0.483 e. The molecule has 4 heteroatoms. The summed E-state index contributed by atoms with van der Waals surface area (Å²) < 4.78 is 5.71. The molecule has 0 saturated heterocycles.